The van der Waals surface area contributed by atoms with Crippen LogP contribution in [0.15, 0.2) is 38.0 Å². The van der Waals surface area contributed by atoms with E-state index >= 15 is 0 Å². The van der Waals surface area contributed by atoms with Gasteiger partial charge in [-0.15, -0.1) is 19.7 Å². The van der Waals surface area contributed by atoms with Gasteiger partial charge in [0, 0.05) is 78.0 Å². The Balaban J connectivity index is 0.000000241. The smallest absolute Gasteiger partial charge is 0.408 e. The van der Waals surface area contributed by atoms with E-state index in [1.807, 2.05) is 18.5 Å². The number of carbonyl (C=O) groups is 10. The molecule has 34 heteroatoms. The molecule has 9 fully saturated rings. The van der Waals surface area contributed by atoms with Crippen molar-refractivity contribution in [3.05, 3.63) is 38.0 Å². The first kappa shape index (κ1) is 93.1. The lowest BCUT2D eigenvalue weighted by Gasteiger charge is -2.36. The van der Waals surface area contributed by atoms with Crippen LogP contribution in [0.5, 0.6) is 0 Å². The molecule has 30 nitrogen and oxygen atoms in total. The number of carboxylic acid groups (broad SMARTS) is 1. The molecule has 624 valence electrons. The second-order valence-electron chi connectivity index (χ2n) is 36.8. The minimum Gasteiger partial charge on any atom is -0.480 e. The summed E-state index contributed by atoms with van der Waals surface area (Å²) in [5, 5.41) is 17.2. The van der Waals surface area contributed by atoms with Gasteiger partial charge in [-0.2, -0.15) is 0 Å². The zero-order valence-corrected chi connectivity index (χ0v) is 71.9. The van der Waals surface area contributed by atoms with Gasteiger partial charge in [0.25, 0.3) is 0 Å². The Morgan fingerprint density at radius 3 is 1.11 bits per heavy atom. The van der Waals surface area contributed by atoms with Crippen LogP contribution >= 0.6 is 9.39 Å². The van der Waals surface area contributed by atoms with Gasteiger partial charge in [0.1, 0.15) is 23.3 Å². The van der Waals surface area contributed by atoms with Gasteiger partial charge in [0.05, 0.1) is 66.9 Å². The van der Waals surface area contributed by atoms with Crippen molar-refractivity contribution in [2.24, 2.45) is 62.6 Å². The fourth-order valence-corrected chi connectivity index (χ4v) is 19.4. The number of aliphatic carboxylic acids is 1. The molecule has 6 saturated carbocycles. The van der Waals surface area contributed by atoms with Crippen LogP contribution < -0.4 is 30.1 Å². The molecule has 0 aromatic carbocycles. The maximum atomic E-state index is 14.0. The molecule has 3 saturated heterocycles. The monoisotopic (exact) mass is 1630 g/mol. The lowest BCUT2D eigenvalue weighted by Crippen LogP contribution is -2.58. The number of ketones is 3. The molecule has 0 aromatic heterocycles. The van der Waals surface area contributed by atoms with Crippen molar-refractivity contribution in [1.82, 2.24) is 39.7 Å². The lowest BCUT2D eigenvalue weighted by molar-refractivity contribution is -0.143. The normalized spacial score (nSPS) is 31.3. The summed E-state index contributed by atoms with van der Waals surface area (Å²) in [6.45, 7) is 44.1. The third kappa shape index (κ3) is 21.2. The third-order valence-electron chi connectivity index (χ3n) is 23.6. The molecule has 110 heavy (non-hydrogen) atoms. The number of Topliss-reactive ketones (excluding diaryl/α,β-unsaturated/α-hetero) is 3. The molecule has 0 bridgehead atoms. The van der Waals surface area contributed by atoms with E-state index in [9.17, 15) is 73.2 Å². The van der Waals surface area contributed by atoms with E-state index in [1.165, 1.54) is 12.0 Å². The minimum atomic E-state index is -3.90. The van der Waals surface area contributed by atoms with Gasteiger partial charge in [-0.05, 0) is 149 Å². The number of allylic oxidation sites excluding steroid dienone is 3. The second-order valence-corrected chi connectivity index (χ2v) is 44.0. The van der Waals surface area contributed by atoms with Crippen LogP contribution in [0.3, 0.4) is 0 Å². The quantitative estimate of drug-likeness (QED) is 0.0307. The van der Waals surface area contributed by atoms with E-state index in [0.717, 1.165) is 0 Å². The molecular formula is C76H125N8O22PS3. The van der Waals surface area contributed by atoms with Gasteiger partial charge in [0.15, 0.2) is 17.3 Å². The molecule has 4 unspecified atom stereocenters. The number of nitrogens with zero attached hydrogens (tertiary/aromatic N) is 2. The number of alkyl carbamates (subject to hydrolysis) is 2. The zero-order chi connectivity index (χ0) is 84.0. The highest BCUT2D eigenvalue weighted by Gasteiger charge is 2.66. The maximum Gasteiger partial charge on any atom is 0.408 e. The second kappa shape index (κ2) is 33.6. The van der Waals surface area contributed by atoms with E-state index in [1.54, 1.807) is 143 Å². The van der Waals surface area contributed by atoms with E-state index in [2.05, 4.69) is 59.2 Å². The summed E-state index contributed by atoms with van der Waals surface area (Å²) < 4.78 is 108. The number of carbonyl (C=O) groups excluding carboxylic acids is 9. The molecule has 3 aliphatic heterocycles. The molecule has 0 spiro atoms. The summed E-state index contributed by atoms with van der Waals surface area (Å²) in [5.74, 6) is -5.05. The highest BCUT2D eigenvalue weighted by molar-refractivity contribution is 7.92. The van der Waals surface area contributed by atoms with Crippen LogP contribution in [0.1, 0.15) is 202 Å². The number of ether oxygens (including phenoxy) is 5. The van der Waals surface area contributed by atoms with E-state index in [-0.39, 0.29) is 103 Å². The number of likely N-dealkylation sites (tertiary alicyclic amines) is 1. The fourth-order valence-electron chi connectivity index (χ4n) is 14.7. The summed E-state index contributed by atoms with van der Waals surface area (Å²) >= 11 is 0. The first-order chi connectivity index (χ1) is 50.2. The molecule has 7 N–H and O–H groups in total. The number of hydrogen-bond donors (Lipinski definition) is 7. The minimum absolute atomic E-state index is 0.00245. The number of amides is 6. The fraction of sp³-hybridized carbons (Fsp3) is 0.789. The largest absolute Gasteiger partial charge is 0.480 e. The maximum absolute atomic E-state index is 14.0. The molecule has 9 aliphatic rings. The van der Waals surface area contributed by atoms with Crippen molar-refractivity contribution in [3.8, 4) is 0 Å². The van der Waals surface area contributed by atoms with Crippen molar-refractivity contribution in [2.75, 3.05) is 41.0 Å². The number of sulfonamides is 3. The van der Waals surface area contributed by atoms with Crippen LogP contribution in [0.25, 0.3) is 0 Å². The third-order valence-corrected chi connectivity index (χ3v) is 30.6. The van der Waals surface area contributed by atoms with Crippen LogP contribution in [-0.4, -0.2) is 214 Å². The van der Waals surface area contributed by atoms with Crippen molar-refractivity contribution in [1.29, 1.82) is 0 Å². The average Bonchev–Trinajstić information content (AvgIpc) is 1.58. The highest BCUT2D eigenvalue weighted by atomic mass is 32.2. The van der Waals surface area contributed by atoms with E-state index in [0.29, 0.717) is 64.5 Å². The molecular weight excluding hydrogens is 1500 g/mol. The van der Waals surface area contributed by atoms with Crippen molar-refractivity contribution < 1.29 is 102 Å². The van der Waals surface area contributed by atoms with Gasteiger partial charge in [-0.1, -0.05) is 89.9 Å². The van der Waals surface area contributed by atoms with Crippen molar-refractivity contribution in [2.45, 2.75) is 276 Å². The SMILES string of the molecule is C=C[C@@H]1C[C@]1(CC(=O)[C@@H]1C(C)[C@@H](OC)CN1C(=O)[C@@H](NC(=O)OC(C)(C)C)C(C)(C)C)C(=O)NS(=O)(=O)C1(C)CC1.C=C[C@@H]1C[C@]1(CC(=O)[C@@H]1C(C)[C@@H](OC)CN1P)C(=O)NS(=O)(=O)C1(C)CC1.C=C[C@@H]1C[C@]1(CC(=O)[C@H]1NC[C@H](OC)C1C)C(=O)NS(=O)(=O)C1(C)CC1.CC(C)(C)OC(=O)N[C@H](C(=O)O)C(C)(C)C. The number of rotatable bonds is 28. The van der Waals surface area contributed by atoms with Crippen molar-refractivity contribution >= 4 is 98.6 Å². The molecule has 0 radical (unpaired) electrons. The van der Waals surface area contributed by atoms with Gasteiger partial charge in [-0.25, -0.2) is 39.6 Å². The molecule has 0 aromatic rings. The number of hydrogen-bond acceptors (Lipinski definition) is 23. The number of methoxy groups -OCH3 is 3. The Labute approximate surface area is 653 Å². The van der Waals surface area contributed by atoms with Crippen molar-refractivity contribution in [3.63, 3.8) is 0 Å². The molecule has 3 heterocycles. The van der Waals surface area contributed by atoms with Crippen LogP contribution in [-0.2, 0) is 92.1 Å². The summed E-state index contributed by atoms with van der Waals surface area (Å²) in [4.78, 5) is 129. The van der Waals surface area contributed by atoms with Crippen LogP contribution in [0.2, 0.25) is 0 Å². The zero-order valence-electron chi connectivity index (χ0n) is 68.3. The van der Waals surface area contributed by atoms with Gasteiger partial charge < -0.3 is 49.6 Å². The van der Waals surface area contributed by atoms with Crippen LogP contribution in [0.4, 0.5) is 9.59 Å². The van der Waals surface area contributed by atoms with Gasteiger partial charge >= 0.3 is 18.2 Å². The molecule has 18 atom stereocenters. The predicted molar refractivity (Wildman–Crippen MR) is 415 cm³/mol. The average molecular weight is 1630 g/mol. The van der Waals surface area contributed by atoms with Gasteiger partial charge in [-0.3, -0.25) is 52.4 Å². The number of carboxylic acids is 1. The Morgan fingerprint density at radius 2 is 0.827 bits per heavy atom. The summed E-state index contributed by atoms with van der Waals surface area (Å²) in [6, 6.07) is -3.67. The summed E-state index contributed by atoms with van der Waals surface area (Å²) in [7, 11) is -4.04. The highest BCUT2D eigenvalue weighted by Crippen LogP contribution is 2.60. The Kier molecular flexibility index (Phi) is 28.4. The van der Waals surface area contributed by atoms with E-state index in [4.69, 9.17) is 28.8 Å². The summed E-state index contributed by atoms with van der Waals surface area (Å²) in [6.07, 6.45) is 6.93. The molecule has 6 aliphatic carbocycles. The number of nitrogens with one attached hydrogen (secondary N) is 6. The van der Waals surface area contributed by atoms with Crippen LogP contribution in [0, 0.1) is 62.6 Å². The van der Waals surface area contributed by atoms with Gasteiger partial charge in [0.2, 0.25) is 53.7 Å². The Morgan fingerprint density at radius 1 is 0.509 bits per heavy atom. The Hall–Kier alpha value is -5.80. The standard InChI is InChI=1S/C29H47N3O8S.C18H29N2O5PS.C18H28N2O5S.C11H21NO4/c1-11-18-14-29(18,24(35)31-41(37,38)28(9)12-13-28)15-19(33)21-17(2)20(39-10)16-32(21)23(34)22(26(3,4)5)30-25(36)40-27(6,7)8;1-5-12-8-18(12,16(22)19-27(23,24)17(3)6-7-17)9-13(21)15-11(2)14(25-4)10-20(15)26;1-5-12-8-18(12,16(22)20-26(23,24)17(3)6-7-17)9-13(21)15-11(2)14(25-4)10-19-15;1-10(2,3)7(8(13)14)12-9(15)16-11(4,5)6/h11,17-18,20-22H,1,12-16H2,2-10H3,(H,30,36)(H,31,35);5,11-12,14-15H,1,6-10,26H2,2-4H3,(H,19,22);5,11-12,14-15,19H,1,6-10H2,2-4H3,(H,20,22);7H,1-6H3,(H,12,15)(H,13,14)/t17?,18-,20+,21+,22-,29-;2*11?,12-,14+,15+,18-;7-/m1111/s1. The summed E-state index contributed by atoms with van der Waals surface area (Å²) in [5.41, 5.74) is -5.96. The molecule has 9 rings (SSSR count). The predicted octanol–water partition coefficient (Wildman–Crippen LogP) is 6.97. The lowest BCUT2D eigenvalue weighted by atomic mass is 9.84. The molecule has 6 amide bonds. The Bertz CT molecular complexity index is 3910. The first-order valence-corrected chi connectivity index (χ1v) is 42.7. The topological polar surface area (TPSA) is 418 Å². The van der Waals surface area contributed by atoms with E-state index < -0.39 is 155 Å². The first-order valence-electron chi connectivity index (χ1n) is 37.7.